The van der Waals surface area contributed by atoms with Gasteiger partial charge < -0.3 is 19.9 Å². The van der Waals surface area contributed by atoms with Crippen molar-refractivity contribution in [1.82, 2.24) is 5.32 Å². The number of ether oxygens (including phenoxy) is 1. The lowest BCUT2D eigenvalue weighted by Crippen LogP contribution is -2.55. The highest BCUT2D eigenvalue weighted by atomic mass is 16.5. The smallest absolute Gasteiger partial charge is 0.267 e. The Morgan fingerprint density at radius 3 is 2.55 bits per heavy atom. The number of hydrogen-bond acceptors (Lipinski definition) is 4. The number of benzene rings is 1. The first kappa shape index (κ1) is 15.2. The van der Waals surface area contributed by atoms with Crippen LogP contribution >= 0.6 is 0 Å². The van der Waals surface area contributed by atoms with E-state index in [1.807, 2.05) is 24.8 Å². The number of piperazine rings is 1. The van der Waals surface area contributed by atoms with Gasteiger partial charge in [0.2, 0.25) is 0 Å². The highest BCUT2D eigenvalue weighted by Crippen LogP contribution is 2.38. The number of carbonyl (C=O) groups is 1. The molecule has 1 N–H and O–H groups in total. The molecule has 5 heteroatoms. The molecule has 0 aliphatic carbocycles. The molecule has 5 nitrogen and oxygen atoms in total. The van der Waals surface area contributed by atoms with Crippen LogP contribution in [0.25, 0.3) is 0 Å². The summed E-state index contributed by atoms with van der Waals surface area (Å²) in [6.45, 7) is 10.9. The van der Waals surface area contributed by atoms with Crippen molar-refractivity contribution in [3.8, 4) is 5.75 Å². The number of carbonyl (C=O) groups excluding carboxylic acids is 1. The number of nitrogens with one attached hydrogen (secondary N) is 1. The van der Waals surface area contributed by atoms with Crippen LogP contribution in [0.5, 0.6) is 5.75 Å². The van der Waals surface area contributed by atoms with E-state index in [1.54, 1.807) is 0 Å². The summed E-state index contributed by atoms with van der Waals surface area (Å²) >= 11 is 0. The number of amides is 1. The topological polar surface area (TPSA) is 44.8 Å². The molecule has 1 amide bonds. The number of anilines is 2. The maximum Gasteiger partial charge on any atom is 0.267 e. The number of hydrogen-bond donors (Lipinski definition) is 1. The molecule has 2 aliphatic heterocycles. The minimum atomic E-state index is -0.407. The van der Waals surface area contributed by atoms with Gasteiger partial charge in [-0.2, -0.15) is 0 Å². The lowest BCUT2D eigenvalue weighted by molar-refractivity contribution is -0.125. The van der Waals surface area contributed by atoms with Gasteiger partial charge >= 0.3 is 0 Å². The molecule has 22 heavy (non-hydrogen) atoms. The highest BCUT2D eigenvalue weighted by molar-refractivity contribution is 6.00. The summed E-state index contributed by atoms with van der Waals surface area (Å²) in [7, 11) is 0. The summed E-state index contributed by atoms with van der Waals surface area (Å²) in [6.07, 6.45) is -0.407. The predicted octanol–water partition coefficient (Wildman–Crippen LogP) is 2.01. The van der Waals surface area contributed by atoms with Gasteiger partial charge in [0, 0.05) is 37.4 Å². The fourth-order valence-corrected chi connectivity index (χ4v) is 3.52. The van der Waals surface area contributed by atoms with Crippen molar-refractivity contribution >= 4 is 17.3 Å². The van der Waals surface area contributed by atoms with E-state index in [0.717, 1.165) is 30.2 Å². The maximum atomic E-state index is 12.3. The Morgan fingerprint density at radius 1 is 1.23 bits per heavy atom. The van der Waals surface area contributed by atoms with E-state index in [1.165, 1.54) is 0 Å². The molecule has 0 radical (unpaired) electrons. The first-order valence-corrected chi connectivity index (χ1v) is 8.14. The zero-order valence-electron chi connectivity index (χ0n) is 13.8. The Morgan fingerprint density at radius 2 is 1.91 bits per heavy atom. The van der Waals surface area contributed by atoms with Gasteiger partial charge in [-0.05, 0) is 45.9 Å². The molecule has 0 bridgehead atoms. The Balaban J connectivity index is 1.99. The van der Waals surface area contributed by atoms with Crippen molar-refractivity contribution in [2.75, 3.05) is 29.4 Å². The molecule has 0 saturated carbocycles. The highest BCUT2D eigenvalue weighted by Gasteiger charge is 2.32. The quantitative estimate of drug-likeness (QED) is 0.908. The van der Waals surface area contributed by atoms with Gasteiger partial charge in [0.25, 0.3) is 5.91 Å². The molecule has 3 unspecified atom stereocenters. The molecular formula is C17H25N3O2. The fourth-order valence-electron chi connectivity index (χ4n) is 3.52. The monoisotopic (exact) mass is 303 g/mol. The number of fused-ring (bicyclic) bond motifs is 1. The predicted molar refractivity (Wildman–Crippen MR) is 88.8 cm³/mol. The zero-order valence-corrected chi connectivity index (χ0v) is 13.8. The molecule has 1 aromatic rings. The average Bonchev–Trinajstić information content (AvgIpc) is 2.49. The van der Waals surface area contributed by atoms with E-state index in [0.29, 0.717) is 18.6 Å². The van der Waals surface area contributed by atoms with Crippen LogP contribution < -0.4 is 19.9 Å². The van der Waals surface area contributed by atoms with Crippen LogP contribution in [-0.2, 0) is 4.79 Å². The fraction of sp³-hybridized carbons (Fsp3) is 0.588. The lowest BCUT2D eigenvalue weighted by Gasteiger charge is -2.42. The van der Waals surface area contributed by atoms with Crippen molar-refractivity contribution in [1.29, 1.82) is 0 Å². The largest absolute Gasteiger partial charge is 0.479 e. The van der Waals surface area contributed by atoms with Crippen LogP contribution in [0.4, 0.5) is 11.4 Å². The zero-order chi connectivity index (χ0) is 15.9. The van der Waals surface area contributed by atoms with Crippen LogP contribution in [-0.4, -0.2) is 43.7 Å². The van der Waals surface area contributed by atoms with Crippen LogP contribution in [0, 0.1) is 0 Å². The number of rotatable bonds is 2. The third-order valence-electron chi connectivity index (χ3n) is 4.59. The van der Waals surface area contributed by atoms with Gasteiger partial charge in [0.05, 0.1) is 5.69 Å². The van der Waals surface area contributed by atoms with Crippen LogP contribution in [0.3, 0.4) is 0 Å². The van der Waals surface area contributed by atoms with Gasteiger partial charge in [-0.15, -0.1) is 0 Å². The first-order valence-electron chi connectivity index (χ1n) is 8.14. The van der Waals surface area contributed by atoms with Crippen molar-refractivity contribution in [3.63, 3.8) is 0 Å². The molecule has 0 aromatic heterocycles. The molecule has 1 fully saturated rings. The van der Waals surface area contributed by atoms with Gasteiger partial charge in [-0.25, -0.2) is 0 Å². The Kier molecular flexibility index (Phi) is 4.00. The second-order valence-electron chi connectivity index (χ2n) is 6.26. The van der Waals surface area contributed by atoms with Gasteiger partial charge in [0.1, 0.15) is 5.75 Å². The summed E-state index contributed by atoms with van der Waals surface area (Å²) < 4.78 is 5.75. The van der Waals surface area contributed by atoms with E-state index in [4.69, 9.17) is 4.74 Å². The molecule has 1 saturated heterocycles. The van der Waals surface area contributed by atoms with Crippen molar-refractivity contribution in [2.45, 2.75) is 45.9 Å². The molecule has 2 aliphatic rings. The van der Waals surface area contributed by atoms with Crippen molar-refractivity contribution in [3.05, 3.63) is 18.2 Å². The first-order chi connectivity index (χ1) is 10.5. The summed E-state index contributed by atoms with van der Waals surface area (Å²) in [5.74, 6) is 0.835. The Bertz CT molecular complexity index is 565. The molecule has 3 rings (SSSR count). The Hall–Kier alpha value is -1.75. The van der Waals surface area contributed by atoms with Crippen LogP contribution in [0.1, 0.15) is 27.7 Å². The van der Waals surface area contributed by atoms with Crippen molar-refractivity contribution < 1.29 is 9.53 Å². The number of likely N-dealkylation sites (N-methyl/N-ethyl adjacent to an activating group) is 1. The van der Waals surface area contributed by atoms with E-state index >= 15 is 0 Å². The second-order valence-corrected chi connectivity index (χ2v) is 6.26. The molecule has 0 spiro atoms. The van der Waals surface area contributed by atoms with E-state index in [-0.39, 0.29) is 5.91 Å². The summed E-state index contributed by atoms with van der Waals surface area (Å²) in [6, 6.07) is 7.05. The Labute approximate surface area is 132 Å². The van der Waals surface area contributed by atoms with Gasteiger partial charge in [-0.1, -0.05) is 0 Å². The van der Waals surface area contributed by atoms with E-state index in [9.17, 15) is 4.79 Å². The van der Waals surface area contributed by atoms with Gasteiger partial charge in [0.15, 0.2) is 6.10 Å². The summed E-state index contributed by atoms with van der Waals surface area (Å²) in [5.41, 5.74) is 2.05. The molecular weight excluding hydrogens is 278 g/mol. The second kappa shape index (κ2) is 5.80. The van der Waals surface area contributed by atoms with Crippen LogP contribution in [0.2, 0.25) is 0 Å². The molecule has 3 atom stereocenters. The summed E-state index contributed by atoms with van der Waals surface area (Å²) in [4.78, 5) is 16.6. The minimum absolute atomic E-state index is 0.0357. The lowest BCUT2D eigenvalue weighted by atomic mass is 10.1. The number of nitrogens with zero attached hydrogens (tertiary/aromatic N) is 2. The maximum absolute atomic E-state index is 12.3. The van der Waals surface area contributed by atoms with Crippen molar-refractivity contribution in [2.24, 2.45) is 0 Å². The normalized spacial score (nSPS) is 28.4. The molecule has 2 heterocycles. The third kappa shape index (κ3) is 2.43. The minimum Gasteiger partial charge on any atom is -0.479 e. The summed E-state index contributed by atoms with van der Waals surface area (Å²) in [5, 5.41) is 3.45. The SMILES string of the molecule is CCN1C(=O)C(C)Oc2ccc(N3C(C)CNCC3C)cc21. The third-order valence-corrected chi connectivity index (χ3v) is 4.59. The van der Waals surface area contributed by atoms with E-state index < -0.39 is 6.10 Å². The molecule has 1 aromatic carbocycles. The van der Waals surface area contributed by atoms with Crippen LogP contribution in [0.15, 0.2) is 18.2 Å². The van der Waals surface area contributed by atoms with E-state index in [2.05, 4.69) is 36.2 Å². The molecule has 120 valence electrons. The standard InChI is InChI=1S/C17H25N3O2/c1-5-19-15-8-14(20-11(2)9-18-10-12(20)3)6-7-16(15)22-13(4)17(19)21/h6-8,11-13,18H,5,9-10H2,1-4H3. The average molecular weight is 303 g/mol. The van der Waals surface area contributed by atoms with Gasteiger partial charge in [-0.3, -0.25) is 4.79 Å².